The number of hydrogen-bond donors (Lipinski definition) is 1. The minimum absolute atomic E-state index is 0.174. The molecule has 202 valence electrons. The number of aryl methyl sites for hydroxylation is 1. The molecule has 8 nitrogen and oxygen atoms in total. The lowest BCUT2D eigenvalue weighted by Crippen LogP contribution is -2.23. The van der Waals surface area contributed by atoms with E-state index >= 15 is 0 Å². The van der Waals surface area contributed by atoms with Gasteiger partial charge in [0.05, 0.1) is 33.7 Å². The number of ether oxygens (including phenoxy) is 2. The number of hydrogen-bond acceptors (Lipinski definition) is 6. The minimum atomic E-state index is -1.12. The predicted molar refractivity (Wildman–Crippen MR) is 157 cm³/mol. The summed E-state index contributed by atoms with van der Waals surface area (Å²) in [5.74, 6) is 0.408. The van der Waals surface area contributed by atoms with Gasteiger partial charge < -0.3 is 14.6 Å². The molecule has 0 saturated carbocycles. The summed E-state index contributed by atoms with van der Waals surface area (Å²) < 4.78 is 12.8. The van der Waals surface area contributed by atoms with Crippen LogP contribution in [0.3, 0.4) is 0 Å². The van der Waals surface area contributed by atoms with Gasteiger partial charge in [-0.1, -0.05) is 37.6 Å². The summed E-state index contributed by atoms with van der Waals surface area (Å²) in [6.45, 7) is 7.49. The molecule has 0 aliphatic heterocycles. The molecule has 0 fully saturated rings. The maximum absolute atomic E-state index is 13.6. The number of aliphatic carboxylic acids is 1. The van der Waals surface area contributed by atoms with Crippen LogP contribution in [0.5, 0.6) is 11.5 Å². The number of benzene rings is 3. The monoisotopic (exact) mass is 611 g/mol. The number of para-hydroxylation sites is 1. The van der Waals surface area contributed by atoms with Gasteiger partial charge in [0.2, 0.25) is 0 Å². The minimum Gasteiger partial charge on any atom is -0.496 e. The summed E-state index contributed by atoms with van der Waals surface area (Å²) in [4.78, 5) is 29.7. The Kier molecular flexibility index (Phi) is 8.42. The normalized spacial score (nSPS) is 12.3. The molecule has 39 heavy (non-hydrogen) atoms. The Bertz CT molecular complexity index is 1640. The average Bonchev–Trinajstić information content (AvgIpc) is 2.89. The van der Waals surface area contributed by atoms with Gasteiger partial charge in [-0.2, -0.15) is 9.78 Å². The third-order valence-electron chi connectivity index (χ3n) is 6.18. The lowest BCUT2D eigenvalue weighted by molar-refractivity contribution is -0.144. The molecule has 4 aromatic rings. The third-order valence-corrected chi connectivity index (χ3v) is 7.05. The van der Waals surface area contributed by atoms with Crippen molar-refractivity contribution in [1.29, 1.82) is 0 Å². The SMILES string of the molecule is COc1cc(C)c(-c2nc3ccccc3c(=O)n2N=Cc2cc(Cl)c(O[C@H](C)C(=O)O)c(Br)c2)cc1C(C)C. The Morgan fingerprint density at radius 3 is 2.54 bits per heavy atom. The largest absolute Gasteiger partial charge is 0.496 e. The Morgan fingerprint density at radius 1 is 1.18 bits per heavy atom. The number of carboxylic acid groups (broad SMARTS) is 1. The fraction of sp³-hybridized carbons (Fsp3) is 0.241. The van der Waals surface area contributed by atoms with E-state index in [1.165, 1.54) is 17.8 Å². The van der Waals surface area contributed by atoms with Crippen molar-refractivity contribution in [3.05, 3.63) is 85.1 Å². The van der Waals surface area contributed by atoms with Gasteiger partial charge in [0.15, 0.2) is 17.7 Å². The molecule has 3 aromatic carbocycles. The lowest BCUT2D eigenvalue weighted by atomic mass is 9.96. The fourth-order valence-corrected chi connectivity index (χ4v) is 5.05. The molecule has 4 rings (SSSR count). The second-order valence-electron chi connectivity index (χ2n) is 9.29. The Morgan fingerprint density at radius 2 is 1.90 bits per heavy atom. The topological polar surface area (TPSA) is 103 Å². The molecule has 1 aromatic heterocycles. The Hall–Kier alpha value is -3.69. The van der Waals surface area contributed by atoms with Crippen molar-refractivity contribution >= 4 is 50.6 Å². The first-order valence-corrected chi connectivity index (χ1v) is 13.3. The van der Waals surface area contributed by atoms with Crippen LogP contribution in [0.2, 0.25) is 5.02 Å². The van der Waals surface area contributed by atoms with Crippen molar-refractivity contribution in [3.8, 4) is 22.9 Å². The number of carbonyl (C=O) groups is 1. The first-order valence-electron chi connectivity index (χ1n) is 12.1. The second-order valence-corrected chi connectivity index (χ2v) is 10.6. The van der Waals surface area contributed by atoms with Gasteiger partial charge in [0, 0.05) is 5.56 Å². The quantitative estimate of drug-likeness (QED) is 0.223. The molecule has 0 amide bonds. The van der Waals surface area contributed by atoms with Crippen molar-refractivity contribution in [2.24, 2.45) is 5.10 Å². The summed E-state index contributed by atoms with van der Waals surface area (Å²) in [6.07, 6.45) is 0.400. The van der Waals surface area contributed by atoms with E-state index in [0.717, 1.165) is 22.4 Å². The van der Waals surface area contributed by atoms with E-state index in [1.807, 2.05) is 25.1 Å². The second kappa shape index (κ2) is 11.6. The van der Waals surface area contributed by atoms with Gasteiger partial charge in [0.1, 0.15) is 5.75 Å². The molecule has 1 heterocycles. The summed E-state index contributed by atoms with van der Waals surface area (Å²) in [5, 5.41) is 14.3. The van der Waals surface area contributed by atoms with Gasteiger partial charge in [0.25, 0.3) is 5.56 Å². The molecule has 0 unspecified atom stereocenters. The van der Waals surface area contributed by atoms with E-state index in [9.17, 15) is 9.59 Å². The molecule has 0 aliphatic rings. The molecular formula is C29H27BrClN3O5. The highest BCUT2D eigenvalue weighted by Crippen LogP contribution is 2.36. The standard InChI is InChI=1S/C29H27BrClN3O5/c1-15(2)20-13-21(16(3)10-25(20)38-5)27-33-24-9-7-6-8-19(24)28(35)34(27)32-14-18-11-22(30)26(23(31)12-18)39-17(4)29(36)37/h6-15,17H,1-5H3,(H,36,37)/t17-/m1/s1. The zero-order valence-electron chi connectivity index (χ0n) is 22.0. The molecule has 1 atom stereocenters. The maximum Gasteiger partial charge on any atom is 0.344 e. The van der Waals surface area contributed by atoms with Crippen LogP contribution >= 0.6 is 27.5 Å². The predicted octanol–water partition coefficient (Wildman–Crippen LogP) is 6.65. The first kappa shape index (κ1) is 28.3. The zero-order valence-corrected chi connectivity index (χ0v) is 24.4. The van der Waals surface area contributed by atoms with Crippen LogP contribution in [0.15, 0.2) is 62.9 Å². The summed E-state index contributed by atoms with van der Waals surface area (Å²) in [5.41, 5.74) is 3.41. The summed E-state index contributed by atoms with van der Waals surface area (Å²) >= 11 is 9.78. The first-order chi connectivity index (χ1) is 18.5. The van der Waals surface area contributed by atoms with E-state index in [2.05, 4.69) is 34.9 Å². The van der Waals surface area contributed by atoms with E-state index in [4.69, 9.17) is 31.2 Å². The summed E-state index contributed by atoms with van der Waals surface area (Å²) in [7, 11) is 1.64. The van der Waals surface area contributed by atoms with Crippen LogP contribution in [-0.4, -0.2) is 40.2 Å². The molecule has 1 N–H and O–H groups in total. The molecule has 0 aliphatic carbocycles. The molecular weight excluding hydrogens is 586 g/mol. The number of rotatable bonds is 8. The fourth-order valence-electron chi connectivity index (χ4n) is 4.09. The van der Waals surface area contributed by atoms with Crippen molar-refractivity contribution in [1.82, 2.24) is 9.66 Å². The van der Waals surface area contributed by atoms with Gasteiger partial charge in [-0.15, -0.1) is 0 Å². The van der Waals surface area contributed by atoms with Crippen LogP contribution in [-0.2, 0) is 4.79 Å². The summed E-state index contributed by atoms with van der Waals surface area (Å²) in [6, 6.07) is 14.3. The number of methoxy groups -OCH3 is 1. The Balaban J connectivity index is 1.88. The van der Waals surface area contributed by atoms with Crippen LogP contribution in [0.25, 0.3) is 22.3 Å². The lowest BCUT2D eigenvalue weighted by Gasteiger charge is -2.17. The van der Waals surface area contributed by atoms with Gasteiger partial charge in [-0.3, -0.25) is 4.79 Å². The highest BCUT2D eigenvalue weighted by Gasteiger charge is 2.19. The van der Waals surface area contributed by atoms with E-state index in [1.54, 1.807) is 37.4 Å². The van der Waals surface area contributed by atoms with Crippen molar-refractivity contribution in [2.75, 3.05) is 7.11 Å². The maximum atomic E-state index is 13.6. The highest BCUT2D eigenvalue weighted by molar-refractivity contribution is 9.10. The van der Waals surface area contributed by atoms with Crippen molar-refractivity contribution < 1.29 is 19.4 Å². The number of nitrogens with zero attached hydrogens (tertiary/aromatic N) is 3. The van der Waals surface area contributed by atoms with E-state index in [0.29, 0.717) is 26.8 Å². The number of fused-ring (bicyclic) bond motifs is 1. The van der Waals surface area contributed by atoms with Gasteiger partial charge in [-0.25, -0.2) is 9.78 Å². The molecule has 0 saturated heterocycles. The van der Waals surface area contributed by atoms with Crippen LogP contribution in [0.1, 0.15) is 43.4 Å². The van der Waals surface area contributed by atoms with Crippen molar-refractivity contribution in [3.63, 3.8) is 0 Å². The van der Waals surface area contributed by atoms with Crippen LogP contribution in [0.4, 0.5) is 0 Å². The van der Waals surface area contributed by atoms with Crippen LogP contribution in [0, 0.1) is 6.92 Å². The van der Waals surface area contributed by atoms with Gasteiger partial charge >= 0.3 is 5.97 Å². The number of aromatic nitrogens is 2. The number of carboxylic acids is 1. The van der Waals surface area contributed by atoms with Gasteiger partial charge in [-0.05, 0) is 88.8 Å². The highest BCUT2D eigenvalue weighted by atomic mass is 79.9. The average molecular weight is 613 g/mol. The van der Waals surface area contributed by atoms with E-state index < -0.39 is 12.1 Å². The molecule has 0 radical (unpaired) electrons. The van der Waals surface area contributed by atoms with E-state index in [-0.39, 0.29) is 22.2 Å². The third kappa shape index (κ3) is 5.84. The van der Waals surface area contributed by atoms with Crippen LogP contribution < -0.4 is 15.0 Å². The van der Waals surface area contributed by atoms with Crippen molar-refractivity contribution in [2.45, 2.75) is 39.7 Å². The Labute approximate surface area is 239 Å². The molecule has 0 bridgehead atoms. The molecule has 0 spiro atoms. The molecule has 10 heteroatoms. The zero-order chi connectivity index (χ0) is 28.4. The number of halogens is 2. The smallest absolute Gasteiger partial charge is 0.344 e.